The molecule has 6 nitrogen and oxygen atoms in total. The van der Waals surface area contributed by atoms with E-state index in [9.17, 15) is 10.1 Å². The van der Waals surface area contributed by atoms with Crippen LogP contribution in [-0.2, 0) is 0 Å². The van der Waals surface area contributed by atoms with Crippen molar-refractivity contribution < 1.29 is 9.66 Å². The molecular weight excluding hydrogens is 338 g/mol. The minimum Gasteiger partial charge on any atom is -0.492 e. The molecule has 0 aromatic heterocycles. The lowest BCUT2D eigenvalue weighted by molar-refractivity contribution is -0.385. The minimum atomic E-state index is -0.761. The highest BCUT2D eigenvalue weighted by Crippen LogP contribution is 2.37. The third-order valence-electron chi connectivity index (χ3n) is 3.94. The van der Waals surface area contributed by atoms with Crippen LogP contribution in [0.1, 0.15) is 25.7 Å². The Kier molecular flexibility index (Phi) is 4.80. The normalized spacial score (nSPS) is 24.5. The highest BCUT2D eigenvalue weighted by Gasteiger charge is 2.39. The lowest BCUT2D eigenvalue weighted by Crippen LogP contribution is -2.42. The summed E-state index contributed by atoms with van der Waals surface area (Å²) in [6.45, 7) is 0.380. The summed E-state index contributed by atoms with van der Waals surface area (Å²) in [5.74, 6) is 0.543. The van der Waals surface area contributed by atoms with Crippen molar-refractivity contribution in [1.82, 2.24) is 0 Å². The molecule has 1 fully saturated rings. The summed E-state index contributed by atoms with van der Waals surface area (Å²) in [5, 5.41) is 20.0. The van der Waals surface area contributed by atoms with Crippen molar-refractivity contribution in [3.63, 3.8) is 0 Å². The van der Waals surface area contributed by atoms with Gasteiger partial charge < -0.3 is 10.5 Å². The fraction of sp³-hybridized carbons (Fsp3) is 0.500. The number of nitrogens with zero attached hydrogens (tertiary/aromatic N) is 2. The van der Waals surface area contributed by atoms with Crippen molar-refractivity contribution in [2.75, 3.05) is 6.61 Å². The van der Waals surface area contributed by atoms with Crippen molar-refractivity contribution in [1.29, 1.82) is 5.26 Å². The summed E-state index contributed by atoms with van der Waals surface area (Å²) in [7, 11) is 0. The molecule has 112 valence electrons. The van der Waals surface area contributed by atoms with Gasteiger partial charge in [-0.2, -0.15) is 5.26 Å². The van der Waals surface area contributed by atoms with Gasteiger partial charge in [-0.15, -0.1) is 0 Å². The molecule has 0 saturated heterocycles. The van der Waals surface area contributed by atoms with Crippen LogP contribution in [0, 0.1) is 27.4 Å². The zero-order valence-electron chi connectivity index (χ0n) is 11.4. The number of hydrogen-bond acceptors (Lipinski definition) is 5. The lowest BCUT2D eigenvalue weighted by Gasteiger charge is -2.23. The number of ether oxygens (including phenoxy) is 1. The number of nitriles is 1. The largest absolute Gasteiger partial charge is 0.492 e. The highest BCUT2D eigenvalue weighted by atomic mass is 79.9. The second-order valence-electron chi connectivity index (χ2n) is 5.22. The molecule has 1 aliphatic rings. The van der Waals surface area contributed by atoms with Crippen LogP contribution < -0.4 is 10.5 Å². The topological polar surface area (TPSA) is 102 Å². The third-order valence-corrected chi connectivity index (χ3v) is 4.74. The number of halogens is 1. The standard InChI is InChI=1S/C14H16BrN3O3/c15-13-11(18(19)20)4-1-5-12(13)21-8-6-10-3-2-7-14(10,17)9-16/h1,4-5,10H,2-3,6-8,17H2. The molecule has 0 heterocycles. The fourth-order valence-electron chi connectivity index (χ4n) is 2.71. The molecule has 21 heavy (non-hydrogen) atoms. The number of nitrogens with two attached hydrogens (primary N) is 1. The number of hydrogen-bond donors (Lipinski definition) is 1. The summed E-state index contributed by atoms with van der Waals surface area (Å²) < 4.78 is 5.95. The van der Waals surface area contributed by atoms with E-state index >= 15 is 0 Å². The van der Waals surface area contributed by atoms with Gasteiger partial charge in [-0.05, 0) is 47.2 Å². The van der Waals surface area contributed by atoms with E-state index < -0.39 is 10.5 Å². The Morgan fingerprint density at radius 3 is 3.05 bits per heavy atom. The van der Waals surface area contributed by atoms with E-state index in [2.05, 4.69) is 22.0 Å². The molecule has 0 radical (unpaired) electrons. The minimum absolute atomic E-state index is 0.0291. The van der Waals surface area contributed by atoms with Crippen molar-refractivity contribution in [2.45, 2.75) is 31.2 Å². The van der Waals surface area contributed by atoms with Gasteiger partial charge in [0, 0.05) is 6.07 Å². The van der Waals surface area contributed by atoms with Gasteiger partial charge in [-0.3, -0.25) is 10.1 Å². The quantitative estimate of drug-likeness (QED) is 0.646. The molecule has 1 aromatic carbocycles. The molecule has 0 bridgehead atoms. The molecular formula is C14H16BrN3O3. The Hall–Kier alpha value is -1.65. The van der Waals surface area contributed by atoms with Gasteiger partial charge in [0.05, 0.1) is 17.6 Å². The van der Waals surface area contributed by atoms with E-state index in [1.54, 1.807) is 12.1 Å². The molecule has 1 aromatic rings. The third kappa shape index (κ3) is 3.34. The van der Waals surface area contributed by atoms with E-state index in [0.29, 0.717) is 29.7 Å². The van der Waals surface area contributed by atoms with Gasteiger partial charge in [0.1, 0.15) is 15.8 Å². The van der Waals surface area contributed by atoms with E-state index in [0.717, 1.165) is 12.8 Å². The first kappa shape index (κ1) is 15.7. The van der Waals surface area contributed by atoms with Crippen LogP contribution in [0.25, 0.3) is 0 Å². The molecule has 2 atom stereocenters. The van der Waals surface area contributed by atoms with Gasteiger partial charge >= 0.3 is 0 Å². The van der Waals surface area contributed by atoms with Gasteiger partial charge in [0.25, 0.3) is 5.69 Å². The van der Waals surface area contributed by atoms with Crippen LogP contribution in [0.3, 0.4) is 0 Å². The highest BCUT2D eigenvalue weighted by molar-refractivity contribution is 9.10. The predicted molar refractivity (Wildman–Crippen MR) is 80.8 cm³/mol. The van der Waals surface area contributed by atoms with E-state index in [4.69, 9.17) is 15.7 Å². The van der Waals surface area contributed by atoms with E-state index in [1.165, 1.54) is 6.07 Å². The number of nitro benzene ring substituents is 1. The van der Waals surface area contributed by atoms with Gasteiger partial charge in [-0.25, -0.2) is 0 Å². The maximum atomic E-state index is 10.8. The monoisotopic (exact) mass is 353 g/mol. The van der Waals surface area contributed by atoms with Crippen LogP contribution in [0.5, 0.6) is 5.75 Å². The first-order chi connectivity index (χ1) is 9.98. The molecule has 0 aliphatic heterocycles. The molecule has 7 heteroatoms. The summed E-state index contributed by atoms with van der Waals surface area (Å²) in [6.07, 6.45) is 3.26. The van der Waals surface area contributed by atoms with E-state index in [1.807, 2.05) is 0 Å². The smallest absolute Gasteiger partial charge is 0.287 e. The van der Waals surface area contributed by atoms with Crippen molar-refractivity contribution in [3.8, 4) is 11.8 Å². The average Bonchev–Trinajstić information content (AvgIpc) is 2.82. The Morgan fingerprint density at radius 1 is 1.62 bits per heavy atom. The van der Waals surface area contributed by atoms with Crippen molar-refractivity contribution in [3.05, 3.63) is 32.8 Å². The fourth-order valence-corrected chi connectivity index (χ4v) is 3.24. The van der Waals surface area contributed by atoms with Crippen LogP contribution in [0.2, 0.25) is 0 Å². The molecule has 0 amide bonds. The second-order valence-corrected chi connectivity index (χ2v) is 6.02. The van der Waals surface area contributed by atoms with Gasteiger partial charge in [0.2, 0.25) is 0 Å². The second kappa shape index (κ2) is 6.41. The average molecular weight is 354 g/mol. The zero-order valence-corrected chi connectivity index (χ0v) is 13.0. The Labute approximate surface area is 131 Å². The van der Waals surface area contributed by atoms with Crippen LogP contribution in [-0.4, -0.2) is 17.1 Å². The summed E-state index contributed by atoms with van der Waals surface area (Å²) in [4.78, 5) is 10.4. The Morgan fingerprint density at radius 2 is 2.38 bits per heavy atom. The molecule has 1 aliphatic carbocycles. The van der Waals surface area contributed by atoms with Gasteiger partial charge in [0.15, 0.2) is 0 Å². The van der Waals surface area contributed by atoms with Crippen LogP contribution in [0.4, 0.5) is 5.69 Å². The lowest BCUT2D eigenvalue weighted by atomic mass is 9.87. The predicted octanol–water partition coefficient (Wildman–Crippen LogP) is 3.15. The molecule has 2 rings (SSSR count). The summed E-state index contributed by atoms with van der Waals surface area (Å²) in [6, 6.07) is 6.86. The first-order valence-electron chi connectivity index (χ1n) is 6.74. The summed E-state index contributed by atoms with van der Waals surface area (Å²) in [5.41, 5.74) is 5.27. The maximum Gasteiger partial charge on any atom is 0.287 e. The maximum absolute atomic E-state index is 10.8. The number of benzene rings is 1. The number of nitro groups is 1. The molecule has 0 spiro atoms. The molecule has 2 N–H and O–H groups in total. The Bertz CT molecular complexity index is 587. The van der Waals surface area contributed by atoms with Crippen LogP contribution in [0.15, 0.2) is 22.7 Å². The van der Waals surface area contributed by atoms with Gasteiger partial charge in [-0.1, -0.05) is 12.5 Å². The van der Waals surface area contributed by atoms with Crippen molar-refractivity contribution >= 4 is 21.6 Å². The Balaban J connectivity index is 1.97. The van der Waals surface area contributed by atoms with E-state index in [-0.39, 0.29) is 11.6 Å². The SMILES string of the molecule is N#CC1(N)CCCC1CCOc1cccc([N+](=O)[O-])c1Br. The molecule has 1 saturated carbocycles. The zero-order chi connectivity index (χ0) is 15.5. The van der Waals surface area contributed by atoms with Crippen LogP contribution >= 0.6 is 15.9 Å². The molecule has 2 unspecified atom stereocenters. The van der Waals surface area contributed by atoms with Crippen molar-refractivity contribution in [2.24, 2.45) is 11.7 Å². The first-order valence-corrected chi connectivity index (χ1v) is 7.53. The summed E-state index contributed by atoms with van der Waals surface area (Å²) >= 11 is 3.19. The number of rotatable bonds is 5.